The largest absolute Gasteiger partial charge is 0.491 e. The number of nitrogens with two attached hydrogens (primary N) is 1. The van der Waals surface area contributed by atoms with Crippen molar-refractivity contribution in [2.75, 3.05) is 37.7 Å². The van der Waals surface area contributed by atoms with Gasteiger partial charge in [-0.05, 0) is 42.7 Å². The molecule has 1 heterocycles. The second-order valence-corrected chi connectivity index (χ2v) is 8.23. The van der Waals surface area contributed by atoms with Gasteiger partial charge in [-0.2, -0.15) is 0 Å². The molecule has 166 valence electrons. The number of anilines is 1. The van der Waals surface area contributed by atoms with Crippen LogP contribution in [0, 0.1) is 13.8 Å². The lowest BCUT2D eigenvalue weighted by molar-refractivity contribution is -0.136. The molecule has 1 fully saturated rings. The molecule has 0 saturated carbocycles. The number of rotatable bonds is 8. The first kappa shape index (κ1) is 22.9. The summed E-state index contributed by atoms with van der Waals surface area (Å²) in [6, 6.07) is 10.7. The summed E-state index contributed by atoms with van der Waals surface area (Å²) in [5, 5.41) is 9.38. The van der Waals surface area contributed by atoms with Crippen molar-refractivity contribution < 1.29 is 19.4 Å². The number of benzene rings is 2. The summed E-state index contributed by atoms with van der Waals surface area (Å²) >= 11 is 6.18. The zero-order valence-electron chi connectivity index (χ0n) is 17.8. The Labute approximate surface area is 187 Å². The summed E-state index contributed by atoms with van der Waals surface area (Å²) in [5.74, 6) is -0.845. The fraction of sp³-hybridized carbons (Fsp3) is 0.391. The highest BCUT2D eigenvalue weighted by Crippen LogP contribution is 2.28. The maximum absolute atomic E-state index is 12.2. The summed E-state index contributed by atoms with van der Waals surface area (Å²) in [6.45, 7) is 6.95. The number of carbonyl (C=O) groups excluding carboxylic acids is 1. The third-order valence-electron chi connectivity index (χ3n) is 5.56. The molecule has 0 radical (unpaired) electrons. The number of carboxylic acids is 1. The van der Waals surface area contributed by atoms with Crippen LogP contribution in [0.25, 0.3) is 0 Å². The van der Waals surface area contributed by atoms with Crippen LogP contribution in [0.3, 0.4) is 0 Å². The molecule has 0 aromatic heterocycles. The maximum atomic E-state index is 12.2. The lowest BCUT2D eigenvalue weighted by Crippen LogP contribution is -2.59. The highest BCUT2D eigenvalue weighted by molar-refractivity contribution is 6.32. The summed E-state index contributed by atoms with van der Waals surface area (Å²) in [4.78, 5) is 27.4. The minimum Gasteiger partial charge on any atom is -0.491 e. The van der Waals surface area contributed by atoms with E-state index in [4.69, 9.17) is 27.2 Å². The Morgan fingerprint density at radius 3 is 2.55 bits per heavy atom. The normalized spacial score (nSPS) is 16.9. The number of carboxylic acid groups (broad SMARTS) is 1. The van der Waals surface area contributed by atoms with Crippen LogP contribution in [0.1, 0.15) is 16.7 Å². The standard InChI is InChI=1S/C23H28ClN3O4/c1-15-4-3-5-16(2)22(15)27-9-8-26(19(14-27)23(25)30)10-11-31-20-12-17(13-21(28)29)6-7-18(20)24/h3-7,12,19H,8-11,13-14H2,1-2H3,(H2,25,30)(H,28,29). The van der Waals surface area contributed by atoms with E-state index in [2.05, 4.69) is 30.9 Å². The summed E-state index contributed by atoms with van der Waals surface area (Å²) < 4.78 is 5.81. The van der Waals surface area contributed by atoms with Crippen LogP contribution in [0.15, 0.2) is 36.4 Å². The smallest absolute Gasteiger partial charge is 0.307 e. The lowest BCUT2D eigenvalue weighted by Gasteiger charge is -2.41. The first-order valence-electron chi connectivity index (χ1n) is 10.2. The van der Waals surface area contributed by atoms with E-state index >= 15 is 0 Å². The van der Waals surface area contributed by atoms with E-state index in [0.717, 1.165) is 12.2 Å². The van der Waals surface area contributed by atoms with Crippen LogP contribution in [0.2, 0.25) is 5.02 Å². The molecule has 2 aromatic rings. The Morgan fingerprint density at radius 2 is 1.90 bits per heavy atom. The quantitative estimate of drug-likeness (QED) is 0.648. The summed E-state index contributed by atoms with van der Waals surface area (Å²) in [5.41, 5.74) is 9.85. The molecule has 3 N–H and O–H groups in total. The fourth-order valence-corrected chi connectivity index (χ4v) is 4.25. The van der Waals surface area contributed by atoms with Gasteiger partial charge >= 0.3 is 5.97 Å². The number of ether oxygens (including phenoxy) is 1. The van der Waals surface area contributed by atoms with Crippen LogP contribution >= 0.6 is 11.6 Å². The van der Waals surface area contributed by atoms with Crippen molar-refractivity contribution in [3.8, 4) is 5.75 Å². The Kier molecular flexibility index (Phi) is 7.41. The number of para-hydroxylation sites is 1. The maximum Gasteiger partial charge on any atom is 0.307 e. The Balaban J connectivity index is 1.64. The number of hydrogen-bond acceptors (Lipinski definition) is 5. The molecule has 0 spiro atoms. The van der Waals surface area contributed by atoms with E-state index in [1.807, 2.05) is 11.0 Å². The molecule has 3 rings (SSSR count). The van der Waals surface area contributed by atoms with E-state index < -0.39 is 12.0 Å². The first-order valence-corrected chi connectivity index (χ1v) is 10.6. The third kappa shape index (κ3) is 5.68. The highest BCUT2D eigenvalue weighted by Gasteiger charge is 2.31. The first-order chi connectivity index (χ1) is 14.8. The second-order valence-electron chi connectivity index (χ2n) is 7.82. The fourth-order valence-electron chi connectivity index (χ4n) is 4.08. The minimum absolute atomic E-state index is 0.0996. The van der Waals surface area contributed by atoms with E-state index in [0.29, 0.717) is 42.6 Å². The predicted molar refractivity (Wildman–Crippen MR) is 121 cm³/mol. The van der Waals surface area contributed by atoms with Gasteiger partial charge in [0.05, 0.1) is 11.4 Å². The molecule has 1 unspecified atom stereocenters. The zero-order chi connectivity index (χ0) is 22.5. The number of halogens is 1. The Bertz CT molecular complexity index is 946. The molecule has 1 atom stereocenters. The average molecular weight is 446 g/mol. The molecule has 8 heteroatoms. The van der Waals surface area contributed by atoms with Gasteiger partial charge in [0.25, 0.3) is 0 Å². The van der Waals surface area contributed by atoms with Gasteiger partial charge in [0.15, 0.2) is 0 Å². The number of carbonyl (C=O) groups is 2. The van der Waals surface area contributed by atoms with Crippen LogP contribution in [-0.2, 0) is 16.0 Å². The van der Waals surface area contributed by atoms with Gasteiger partial charge in [0.2, 0.25) is 5.91 Å². The van der Waals surface area contributed by atoms with Gasteiger partial charge in [-0.25, -0.2) is 0 Å². The molecule has 2 aromatic carbocycles. The van der Waals surface area contributed by atoms with Gasteiger partial charge in [0.1, 0.15) is 18.4 Å². The molecule has 1 amide bonds. The van der Waals surface area contributed by atoms with Crippen molar-refractivity contribution in [3.63, 3.8) is 0 Å². The number of nitrogens with zero attached hydrogens (tertiary/aromatic N) is 2. The number of aryl methyl sites for hydroxylation is 2. The van der Waals surface area contributed by atoms with Crippen molar-refractivity contribution in [1.29, 1.82) is 0 Å². The molecule has 1 saturated heterocycles. The second kappa shape index (κ2) is 10.0. The van der Waals surface area contributed by atoms with E-state index in [9.17, 15) is 9.59 Å². The molecule has 1 aliphatic rings. The number of hydrogen-bond donors (Lipinski definition) is 2. The van der Waals surface area contributed by atoms with Gasteiger partial charge < -0.3 is 20.5 Å². The van der Waals surface area contributed by atoms with Crippen LogP contribution < -0.4 is 15.4 Å². The number of piperazine rings is 1. The molecule has 7 nitrogen and oxygen atoms in total. The van der Waals surface area contributed by atoms with E-state index in [-0.39, 0.29) is 12.3 Å². The molecule has 0 bridgehead atoms. The Morgan fingerprint density at radius 1 is 1.19 bits per heavy atom. The molecular formula is C23H28ClN3O4. The minimum atomic E-state index is -0.917. The SMILES string of the molecule is Cc1cccc(C)c1N1CCN(CCOc2cc(CC(=O)O)ccc2Cl)C(C(N)=O)C1. The van der Waals surface area contributed by atoms with Crippen LogP contribution in [0.4, 0.5) is 5.69 Å². The van der Waals surface area contributed by atoms with Gasteiger partial charge in [-0.15, -0.1) is 0 Å². The molecule has 31 heavy (non-hydrogen) atoms. The van der Waals surface area contributed by atoms with E-state index in [1.165, 1.54) is 11.1 Å². The Hall–Kier alpha value is -2.77. The van der Waals surface area contributed by atoms with Crippen LogP contribution in [-0.4, -0.2) is 60.7 Å². The number of primary amides is 1. The van der Waals surface area contributed by atoms with Crippen LogP contribution in [0.5, 0.6) is 5.75 Å². The molecule has 1 aliphatic heterocycles. The zero-order valence-corrected chi connectivity index (χ0v) is 18.6. The lowest BCUT2D eigenvalue weighted by atomic mass is 10.0. The van der Waals surface area contributed by atoms with E-state index in [1.54, 1.807) is 18.2 Å². The van der Waals surface area contributed by atoms with Crippen molar-refractivity contribution in [3.05, 3.63) is 58.1 Å². The van der Waals surface area contributed by atoms with Gasteiger partial charge in [0, 0.05) is 31.9 Å². The average Bonchev–Trinajstić information content (AvgIpc) is 2.70. The topological polar surface area (TPSA) is 96.1 Å². The van der Waals surface area contributed by atoms with Crippen molar-refractivity contribution >= 4 is 29.2 Å². The third-order valence-corrected chi connectivity index (χ3v) is 5.87. The van der Waals surface area contributed by atoms with Crippen molar-refractivity contribution in [2.24, 2.45) is 5.73 Å². The summed E-state index contributed by atoms with van der Waals surface area (Å²) in [7, 11) is 0. The summed E-state index contributed by atoms with van der Waals surface area (Å²) in [6.07, 6.45) is -0.0996. The van der Waals surface area contributed by atoms with Gasteiger partial charge in [-0.3, -0.25) is 14.5 Å². The van der Waals surface area contributed by atoms with Crippen molar-refractivity contribution in [1.82, 2.24) is 4.90 Å². The number of amides is 1. The molecule has 0 aliphatic carbocycles. The monoisotopic (exact) mass is 445 g/mol. The highest BCUT2D eigenvalue weighted by atomic mass is 35.5. The predicted octanol–water partition coefficient (Wildman–Crippen LogP) is 2.64. The molecular weight excluding hydrogens is 418 g/mol. The van der Waals surface area contributed by atoms with Crippen molar-refractivity contribution in [2.45, 2.75) is 26.3 Å². The van der Waals surface area contributed by atoms with Gasteiger partial charge in [-0.1, -0.05) is 35.9 Å². The number of aliphatic carboxylic acids is 1.